The van der Waals surface area contributed by atoms with E-state index in [1.807, 2.05) is 18.2 Å². The monoisotopic (exact) mass is 242 g/mol. The molecule has 1 aromatic carbocycles. The predicted molar refractivity (Wildman–Crippen MR) is 71.4 cm³/mol. The molecule has 0 saturated carbocycles. The lowest BCUT2D eigenvalue weighted by atomic mass is 10.1. The predicted octanol–water partition coefficient (Wildman–Crippen LogP) is 2.42. The summed E-state index contributed by atoms with van der Waals surface area (Å²) in [5.74, 6) is 1.06. The average molecular weight is 242 g/mol. The molecule has 0 aliphatic carbocycles. The van der Waals surface area contributed by atoms with E-state index in [2.05, 4.69) is 16.7 Å². The molecular formula is C15H18N2O. The third-order valence-electron chi connectivity index (χ3n) is 3.58. The largest absolute Gasteiger partial charge is 0.396 e. The highest BCUT2D eigenvalue weighted by molar-refractivity contribution is 5.57. The molecule has 3 rings (SSSR count). The molecule has 0 radical (unpaired) electrons. The minimum Gasteiger partial charge on any atom is -0.396 e. The molecule has 18 heavy (non-hydrogen) atoms. The van der Waals surface area contributed by atoms with Crippen LogP contribution in [0.1, 0.15) is 24.2 Å². The summed E-state index contributed by atoms with van der Waals surface area (Å²) in [5, 5.41) is 9.15. The van der Waals surface area contributed by atoms with Gasteiger partial charge in [0.15, 0.2) is 0 Å². The third-order valence-corrected chi connectivity index (χ3v) is 3.58. The molecule has 0 fully saturated rings. The van der Waals surface area contributed by atoms with Crippen molar-refractivity contribution in [3.8, 4) is 11.4 Å². The lowest BCUT2D eigenvalue weighted by molar-refractivity contribution is 0.297. The molecule has 0 bridgehead atoms. The van der Waals surface area contributed by atoms with Gasteiger partial charge in [0.05, 0.1) is 5.69 Å². The normalized spacial score (nSPS) is 14.5. The first-order valence-corrected chi connectivity index (χ1v) is 6.64. The van der Waals surface area contributed by atoms with Gasteiger partial charge in [0.1, 0.15) is 5.82 Å². The SMILES string of the molecule is OCCc1nc(-c2ccccc2)n2c1CCCC2. The highest BCUT2D eigenvalue weighted by atomic mass is 16.3. The Morgan fingerprint density at radius 1 is 1.17 bits per heavy atom. The maximum absolute atomic E-state index is 9.15. The molecule has 1 aliphatic heterocycles. The van der Waals surface area contributed by atoms with Crippen LogP contribution in [0.2, 0.25) is 0 Å². The second-order valence-corrected chi connectivity index (χ2v) is 4.78. The first kappa shape index (κ1) is 11.5. The van der Waals surface area contributed by atoms with Crippen molar-refractivity contribution in [2.75, 3.05) is 6.61 Å². The van der Waals surface area contributed by atoms with Crippen molar-refractivity contribution in [2.45, 2.75) is 32.2 Å². The Hall–Kier alpha value is -1.61. The fraction of sp³-hybridized carbons (Fsp3) is 0.400. The van der Waals surface area contributed by atoms with Gasteiger partial charge in [-0.2, -0.15) is 0 Å². The number of imidazole rings is 1. The average Bonchev–Trinajstić information content (AvgIpc) is 2.80. The van der Waals surface area contributed by atoms with Gasteiger partial charge in [-0.1, -0.05) is 30.3 Å². The number of aliphatic hydroxyl groups excluding tert-OH is 1. The molecule has 0 amide bonds. The van der Waals surface area contributed by atoms with Crippen molar-refractivity contribution in [3.63, 3.8) is 0 Å². The standard InChI is InChI=1S/C15H18N2O/c18-11-9-13-14-8-4-5-10-17(14)15(16-13)12-6-2-1-3-7-12/h1-3,6-7,18H,4-5,8-11H2. The molecule has 2 heterocycles. The van der Waals surface area contributed by atoms with Crippen LogP contribution in [0.25, 0.3) is 11.4 Å². The van der Waals surface area contributed by atoms with Crippen molar-refractivity contribution in [3.05, 3.63) is 41.7 Å². The molecule has 1 N–H and O–H groups in total. The Morgan fingerprint density at radius 3 is 2.78 bits per heavy atom. The van der Waals surface area contributed by atoms with Gasteiger partial charge in [0.25, 0.3) is 0 Å². The van der Waals surface area contributed by atoms with Crippen LogP contribution in [0.4, 0.5) is 0 Å². The zero-order valence-corrected chi connectivity index (χ0v) is 10.5. The van der Waals surface area contributed by atoms with Gasteiger partial charge in [-0.05, 0) is 19.3 Å². The number of benzene rings is 1. The van der Waals surface area contributed by atoms with Crippen molar-refractivity contribution >= 4 is 0 Å². The zero-order chi connectivity index (χ0) is 12.4. The van der Waals surface area contributed by atoms with Crippen LogP contribution < -0.4 is 0 Å². The Labute approximate surface area is 107 Å². The summed E-state index contributed by atoms with van der Waals surface area (Å²) in [6.07, 6.45) is 4.22. The lowest BCUT2D eigenvalue weighted by Gasteiger charge is -2.17. The third kappa shape index (κ3) is 1.95. The van der Waals surface area contributed by atoms with Crippen LogP contribution in [0.15, 0.2) is 30.3 Å². The summed E-state index contributed by atoms with van der Waals surface area (Å²) in [5.41, 5.74) is 3.58. The lowest BCUT2D eigenvalue weighted by Crippen LogP contribution is -2.12. The fourth-order valence-corrected chi connectivity index (χ4v) is 2.73. The van der Waals surface area contributed by atoms with Crippen LogP contribution >= 0.6 is 0 Å². The van der Waals surface area contributed by atoms with Crippen LogP contribution in [0, 0.1) is 0 Å². The quantitative estimate of drug-likeness (QED) is 0.897. The van der Waals surface area contributed by atoms with Gasteiger partial charge in [-0.25, -0.2) is 4.98 Å². The Balaban J connectivity index is 2.09. The van der Waals surface area contributed by atoms with Gasteiger partial charge in [0, 0.05) is 30.8 Å². The molecule has 0 saturated heterocycles. The minimum atomic E-state index is 0.179. The summed E-state index contributed by atoms with van der Waals surface area (Å²) >= 11 is 0. The minimum absolute atomic E-state index is 0.179. The molecule has 3 nitrogen and oxygen atoms in total. The van der Waals surface area contributed by atoms with Crippen molar-refractivity contribution in [1.29, 1.82) is 0 Å². The molecular weight excluding hydrogens is 224 g/mol. The summed E-state index contributed by atoms with van der Waals surface area (Å²) in [6.45, 7) is 1.23. The van der Waals surface area contributed by atoms with E-state index in [-0.39, 0.29) is 6.61 Å². The first-order chi connectivity index (χ1) is 8.90. The van der Waals surface area contributed by atoms with Crippen LogP contribution in [0.5, 0.6) is 0 Å². The topological polar surface area (TPSA) is 38.1 Å². The number of rotatable bonds is 3. The van der Waals surface area contributed by atoms with Crippen molar-refractivity contribution in [1.82, 2.24) is 9.55 Å². The van der Waals surface area contributed by atoms with Crippen LogP contribution in [0.3, 0.4) is 0 Å². The molecule has 94 valence electrons. The number of fused-ring (bicyclic) bond motifs is 1. The fourth-order valence-electron chi connectivity index (χ4n) is 2.73. The highest BCUT2D eigenvalue weighted by Gasteiger charge is 2.20. The van der Waals surface area contributed by atoms with E-state index in [9.17, 15) is 0 Å². The second-order valence-electron chi connectivity index (χ2n) is 4.78. The Bertz CT molecular complexity index is 531. The van der Waals surface area contributed by atoms with Gasteiger partial charge >= 0.3 is 0 Å². The number of nitrogens with zero attached hydrogens (tertiary/aromatic N) is 2. The summed E-state index contributed by atoms with van der Waals surface area (Å²) in [4.78, 5) is 4.75. The van der Waals surface area contributed by atoms with Crippen LogP contribution in [-0.2, 0) is 19.4 Å². The molecule has 0 spiro atoms. The maximum atomic E-state index is 9.15. The number of aliphatic hydroxyl groups is 1. The van der Waals surface area contributed by atoms with Gasteiger partial charge in [-0.3, -0.25) is 0 Å². The Kier molecular flexibility index (Phi) is 3.15. The van der Waals surface area contributed by atoms with E-state index < -0.39 is 0 Å². The van der Waals surface area contributed by atoms with E-state index in [4.69, 9.17) is 10.1 Å². The molecule has 0 unspecified atom stereocenters. The van der Waals surface area contributed by atoms with Gasteiger partial charge in [0.2, 0.25) is 0 Å². The number of hydrogen-bond donors (Lipinski definition) is 1. The van der Waals surface area contributed by atoms with E-state index in [0.29, 0.717) is 6.42 Å². The summed E-state index contributed by atoms with van der Waals surface area (Å²) in [7, 11) is 0. The number of aromatic nitrogens is 2. The highest BCUT2D eigenvalue weighted by Crippen LogP contribution is 2.27. The van der Waals surface area contributed by atoms with E-state index in [1.165, 1.54) is 24.1 Å². The van der Waals surface area contributed by atoms with Gasteiger partial charge in [-0.15, -0.1) is 0 Å². The summed E-state index contributed by atoms with van der Waals surface area (Å²) < 4.78 is 2.34. The van der Waals surface area contributed by atoms with Crippen molar-refractivity contribution in [2.24, 2.45) is 0 Å². The number of hydrogen-bond acceptors (Lipinski definition) is 2. The van der Waals surface area contributed by atoms with Gasteiger partial charge < -0.3 is 9.67 Å². The van der Waals surface area contributed by atoms with Crippen molar-refractivity contribution < 1.29 is 5.11 Å². The molecule has 1 aliphatic rings. The van der Waals surface area contributed by atoms with E-state index in [1.54, 1.807) is 0 Å². The molecule has 0 atom stereocenters. The van der Waals surface area contributed by atoms with E-state index in [0.717, 1.165) is 24.5 Å². The first-order valence-electron chi connectivity index (χ1n) is 6.64. The van der Waals surface area contributed by atoms with Crippen LogP contribution in [-0.4, -0.2) is 21.3 Å². The molecule has 1 aromatic heterocycles. The second kappa shape index (κ2) is 4.94. The summed E-state index contributed by atoms with van der Waals surface area (Å²) in [6, 6.07) is 10.3. The maximum Gasteiger partial charge on any atom is 0.140 e. The smallest absolute Gasteiger partial charge is 0.140 e. The molecule has 2 aromatic rings. The van der Waals surface area contributed by atoms with E-state index >= 15 is 0 Å². The Morgan fingerprint density at radius 2 is 2.00 bits per heavy atom. The zero-order valence-electron chi connectivity index (χ0n) is 10.5. The molecule has 3 heteroatoms.